The lowest BCUT2D eigenvalue weighted by Crippen LogP contribution is -2.37. The summed E-state index contributed by atoms with van der Waals surface area (Å²) in [5.74, 6) is -0.478. The zero-order chi connectivity index (χ0) is 32.1. The molecule has 0 aromatic heterocycles. The first-order chi connectivity index (χ1) is 20.6. The molecule has 0 spiro atoms. The van der Waals surface area contributed by atoms with Gasteiger partial charge in [-0.15, -0.1) is 0 Å². The Morgan fingerprint density at radius 3 is 1.72 bits per heavy atom. The molecule has 0 aliphatic rings. The van der Waals surface area contributed by atoms with E-state index >= 15 is 0 Å². The van der Waals surface area contributed by atoms with Gasteiger partial charge in [0, 0.05) is 0 Å². The Morgan fingerprint density at radius 1 is 0.721 bits per heavy atom. The largest absolute Gasteiger partial charge is 0.472 e. The first-order valence-corrected chi connectivity index (χ1v) is 18.6. The molecule has 0 aliphatic heterocycles. The van der Waals surface area contributed by atoms with Crippen molar-refractivity contribution < 1.29 is 37.6 Å². The van der Waals surface area contributed by atoms with Crippen LogP contribution in [0.1, 0.15) is 135 Å². The van der Waals surface area contributed by atoms with Crippen LogP contribution < -0.4 is 0 Å². The molecule has 0 aromatic carbocycles. The second-order valence-electron chi connectivity index (χ2n) is 12.8. The number of aliphatic hydroxyl groups excluding tert-OH is 1. The molecule has 0 saturated carbocycles. The Morgan fingerprint density at radius 2 is 1.21 bits per heavy atom. The van der Waals surface area contributed by atoms with Gasteiger partial charge < -0.3 is 19.2 Å². The number of esters is 1. The van der Waals surface area contributed by atoms with Crippen molar-refractivity contribution in [3.05, 3.63) is 24.3 Å². The number of aliphatic hydroxyl groups is 1. The van der Waals surface area contributed by atoms with Crippen LogP contribution in [-0.4, -0.2) is 74.1 Å². The van der Waals surface area contributed by atoms with Crippen LogP contribution in [0, 0.1) is 0 Å². The van der Waals surface area contributed by atoms with Gasteiger partial charge in [-0.05, 0) is 19.3 Å². The maximum Gasteiger partial charge on any atom is 0.472 e. The molecule has 1 unspecified atom stereocenters. The van der Waals surface area contributed by atoms with Crippen LogP contribution in [0.4, 0.5) is 0 Å². The second kappa shape index (κ2) is 28.5. The van der Waals surface area contributed by atoms with E-state index in [1.54, 1.807) is 6.08 Å². The molecular weight excluding hydrogens is 565 g/mol. The molecule has 2 atom stereocenters. The lowest BCUT2D eigenvalue weighted by molar-refractivity contribution is -0.870. The van der Waals surface area contributed by atoms with Crippen LogP contribution >= 0.6 is 7.82 Å². The Kier molecular flexibility index (Phi) is 27.8. The topological polar surface area (TPSA) is 102 Å². The van der Waals surface area contributed by atoms with Crippen molar-refractivity contribution in [2.45, 2.75) is 141 Å². The van der Waals surface area contributed by atoms with Crippen LogP contribution in [0.15, 0.2) is 24.3 Å². The average molecular weight is 633 g/mol. The molecule has 9 heteroatoms. The van der Waals surface area contributed by atoms with Crippen LogP contribution in [0.2, 0.25) is 0 Å². The Labute approximate surface area is 264 Å². The van der Waals surface area contributed by atoms with Crippen LogP contribution in [-0.2, 0) is 23.1 Å². The first-order valence-electron chi connectivity index (χ1n) is 17.1. The number of carbonyl (C=O) groups is 1. The quantitative estimate of drug-likeness (QED) is 0.0259. The van der Waals surface area contributed by atoms with E-state index in [-0.39, 0.29) is 19.6 Å². The third-order valence-corrected chi connectivity index (χ3v) is 8.23. The molecule has 0 aliphatic carbocycles. The van der Waals surface area contributed by atoms with E-state index in [4.69, 9.17) is 13.8 Å². The van der Waals surface area contributed by atoms with Crippen molar-refractivity contribution in [1.82, 2.24) is 0 Å². The van der Waals surface area contributed by atoms with E-state index in [0.717, 1.165) is 12.8 Å². The van der Waals surface area contributed by atoms with Gasteiger partial charge in [0.25, 0.3) is 0 Å². The third-order valence-electron chi connectivity index (χ3n) is 7.25. The molecule has 43 heavy (non-hydrogen) atoms. The summed E-state index contributed by atoms with van der Waals surface area (Å²) in [7, 11) is 1.53. The molecule has 0 fully saturated rings. The van der Waals surface area contributed by atoms with E-state index in [1.165, 1.54) is 109 Å². The Bertz CT molecular complexity index is 752. The first kappa shape index (κ1) is 42.0. The van der Waals surface area contributed by atoms with Crippen molar-refractivity contribution in [3.63, 3.8) is 0 Å². The van der Waals surface area contributed by atoms with E-state index in [0.29, 0.717) is 11.0 Å². The minimum Gasteiger partial charge on any atom is -0.463 e. The molecule has 8 nitrogen and oxygen atoms in total. The predicted molar refractivity (Wildman–Crippen MR) is 178 cm³/mol. The number of hydrogen-bond acceptors (Lipinski definition) is 6. The number of allylic oxidation sites excluding steroid dienone is 3. The smallest absolute Gasteiger partial charge is 0.463 e. The zero-order valence-corrected chi connectivity index (χ0v) is 29.1. The summed E-state index contributed by atoms with van der Waals surface area (Å²) in [6.07, 6.45) is 32.3. The number of ether oxygens (including phenoxy) is 1. The van der Waals surface area contributed by atoms with E-state index in [2.05, 4.69) is 19.1 Å². The van der Waals surface area contributed by atoms with Crippen molar-refractivity contribution in [2.24, 2.45) is 0 Å². The van der Waals surface area contributed by atoms with Gasteiger partial charge in [0.05, 0.1) is 34.2 Å². The minimum absolute atomic E-state index is 0.0451. The predicted octanol–water partition coefficient (Wildman–Crippen LogP) is 8.66. The van der Waals surface area contributed by atoms with Gasteiger partial charge in [-0.3, -0.25) is 13.8 Å². The fourth-order valence-electron chi connectivity index (χ4n) is 4.50. The van der Waals surface area contributed by atoms with Gasteiger partial charge in [0.2, 0.25) is 0 Å². The van der Waals surface area contributed by atoms with Gasteiger partial charge in [0.15, 0.2) is 0 Å². The lowest BCUT2D eigenvalue weighted by Gasteiger charge is -2.24. The highest BCUT2D eigenvalue weighted by molar-refractivity contribution is 7.47. The van der Waals surface area contributed by atoms with Crippen LogP contribution in [0.25, 0.3) is 0 Å². The lowest BCUT2D eigenvalue weighted by atomic mass is 10.0. The fraction of sp³-hybridized carbons (Fsp3) is 0.853. The van der Waals surface area contributed by atoms with Gasteiger partial charge >= 0.3 is 13.8 Å². The zero-order valence-electron chi connectivity index (χ0n) is 28.2. The highest BCUT2D eigenvalue weighted by Crippen LogP contribution is 2.43. The summed E-state index contributed by atoms with van der Waals surface area (Å²) in [5.41, 5.74) is 0. The average Bonchev–Trinajstić information content (AvgIpc) is 2.94. The molecule has 254 valence electrons. The van der Waals surface area contributed by atoms with E-state index in [1.807, 2.05) is 27.2 Å². The Balaban J connectivity index is 3.54. The maximum atomic E-state index is 11.8. The number of carbonyl (C=O) groups excluding carboxylic acids is 1. The summed E-state index contributed by atoms with van der Waals surface area (Å²) < 4.78 is 27.0. The number of rotatable bonds is 31. The molecule has 0 radical (unpaired) electrons. The van der Waals surface area contributed by atoms with E-state index < -0.39 is 26.5 Å². The van der Waals surface area contributed by atoms with Gasteiger partial charge in [0.1, 0.15) is 25.9 Å². The second-order valence-corrected chi connectivity index (χ2v) is 14.2. The van der Waals surface area contributed by atoms with Crippen molar-refractivity contribution in [1.29, 1.82) is 0 Å². The molecule has 0 rings (SSSR count). The highest BCUT2D eigenvalue weighted by atomic mass is 31.2. The van der Waals surface area contributed by atoms with E-state index in [9.17, 15) is 19.4 Å². The van der Waals surface area contributed by atoms with Crippen LogP contribution in [0.5, 0.6) is 0 Å². The number of unbranched alkanes of at least 4 members (excludes halogenated alkanes) is 17. The maximum absolute atomic E-state index is 11.8. The number of quaternary nitrogens is 1. The molecule has 0 aromatic rings. The van der Waals surface area contributed by atoms with Crippen molar-refractivity contribution >= 4 is 13.8 Å². The summed E-state index contributed by atoms with van der Waals surface area (Å²) in [5, 5.41) is 9.85. The number of likely N-dealkylation sites (N-methyl/N-ethyl adjacent to an activating group) is 1. The summed E-state index contributed by atoms with van der Waals surface area (Å²) >= 11 is 0. The fourth-order valence-corrected chi connectivity index (χ4v) is 5.25. The Hall–Kier alpha value is -1.02. The number of hydrogen-bond donors (Lipinski definition) is 2. The molecule has 0 heterocycles. The van der Waals surface area contributed by atoms with Gasteiger partial charge in [-0.1, -0.05) is 134 Å². The monoisotopic (exact) mass is 632 g/mol. The molecule has 0 bridgehead atoms. The van der Waals surface area contributed by atoms with Gasteiger partial charge in [-0.2, -0.15) is 0 Å². The number of nitrogens with zero attached hydrogens (tertiary/aromatic N) is 1. The molecule has 2 N–H and O–H groups in total. The van der Waals surface area contributed by atoms with Crippen molar-refractivity contribution in [2.75, 3.05) is 47.5 Å². The summed E-state index contributed by atoms with van der Waals surface area (Å²) in [4.78, 5) is 21.5. The summed E-state index contributed by atoms with van der Waals surface area (Å²) in [6.45, 7) is 2.07. The minimum atomic E-state index is -4.26. The van der Waals surface area contributed by atoms with Gasteiger partial charge in [-0.25, -0.2) is 4.57 Å². The molecule has 0 saturated heterocycles. The number of phosphoric acid groups is 1. The van der Waals surface area contributed by atoms with Crippen LogP contribution in [0.3, 0.4) is 0 Å². The third kappa shape index (κ3) is 33.7. The number of phosphoric ester groups is 1. The van der Waals surface area contributed by atoms with Crippen molar-refractivity contribution in [3.8, 4) is 0 Å². The summed E-state index contributed by atoms with van der Waals surface area (Å²) in [6, 6.07) is 0. The standard InChI is InChI=1S/C34H66NO7P/c1-5-6-7-8-9-10-11-12-13-14-15-16-17-18-19-20-21-22-23-24-25-26-27-28-34(37)40-31-33(36)32-42-43(38,39)41-30-29-35(2,3)4/h23-24,26-27,33,36H,5-22,25,28-32H2,1-4H3/p+1/t33-/m1/s1. The molecular formula is C34H67NO7P+. The normalized spacial score (nSPS) is 14.5. The molecule has 0 amide bonds. The highest BCUT2D eigenvalue weighted by Gasteiger charge is 2.24. The SMILES string of the molecule is CCCCCCCCCCCCCCCCCCCC=CCC=CCC(=O)OC[C@@H](O)COP(=O)(O)OCC[N+](C)(C)C.